The molecule has 0 bridgehead atoms. The summed E-state index contributed by atoms with van der Waals surface area (Å²) >= 11 is 0. The number of aryl methyl sites for hydroxylation is 1. The van der Waals surface area contributed by atoms with E-state index in [0.29, 0.717) is 19.4 Å². The van der Waals surface area contributed by atoms with Crippen LogP contribution < -0.4 is 5.32 Å². The van der Waals surface area contributed by atoms with Crippen LogP contribution in [-0.2, 0) is 16.0 Å². The highest BCUT2D eigenvalue weighted by Crippen LogP contribution is 2.21. The number of carbonyl (C=O) groups is 2. The average molecular weight is 355 g/mol. The van der Waals surface area contributed by atoms with Crippen molar-refractivity contribution in [3.63, 3.8) is 0 Å². The molecule has 0 saturated carbocycles. The molecule has 2 aromatic rings. The second-order valence-corrected chi connectivity index (χ2v) is 8.52. The summed E-state index contributed by atoms with van der Waals surface area (Å²) in [6.07, 6.45) is 4.62. The van der Waals surface area contributed by atoms with E-state index >= 15 is 0 Å². The van der Waals surface area contributed by atoms with Gasteiger partial charge in [-0.1, -0.05) is 39.0 Å². The SMILES string of the molecule is CC(C)(C)CN1C[C@H](NC(=O)CCCc2c[nH]c3ccccc23)CC1=O. The minimum atomic E-state index is -0.0505. The average Bonchev–Trinajstić information content (AvgIpc) is 3.10. The van der Waals surface area contributed by atoms with Crippen LogP contribution in [0.2, 0.25) is 0 Å². The van der Waals surface area contributed by atoms with Crippen molar-refractivity contribution in [3.8, 4) is 0 Å². The number of nitrogens with one attached hydrogen (secondary N) is 2. The Labute approximate surface area is 155 Å². The van der Waals surface area contributed by atoms with Gasteiger partial charge in [0.1, 0.15) is 0 Å². The summed E-state index contributed by atoms with van der Waals surface area (Å²) in [5.74, 6) is 0.185. The van der Waals surface area contributed by atoms with Gasteiger partial charge >= 0.3 is 0 Å². The van der Waals surface area contributed by atoms with Gasteiger partial charge in [0.05, 0.1) is 6.04 Å². The van der Waals surface area contributed by atoms with E-state index in [1.807, 2.05) is 23.2 Å². The molecule has 0 spiro atoms. The Hall–Kier alpha value is -2.30. The van der Waals surface area contributed by atoms with Crippen LogP contribution in [0.3, 0.4) is 0 Å². The monoisotopic (exact) mass is 355 g/mol. The summed E-state index contributed by atoms with van der Waals surface area (Å²) < 4.78 is 0. The lowest BCUT2D eigenvalue weighted by Gasteiger charge is -2.26. The van der Waals surface area contributed by atoms with Crippen LogP contribution in [0.1, 0.15) is 45.6 Å². The van der Waals surface area contributed by atoms with Gasteiger partial charge in [0, 0.05) is 43.0 Å². The third-order valence-electron chi connectivity index (χ3n) is 4.77. The maximum atomic E-state index is 12.2. The molecule has 1 aliphatic heterocycles. The summed E-state index contributed by atoms with van der Waals surface area (Å²) in [6, 6.07) is 8.17. The second kappa shape index (κ2) is 7.52. The Bertz CT molecular complexity index is 788. The zero-order chi connectivity index (χ0) is 18.7. The zero-order valence-corrected chi connectivity index (χ0v) is 16.0. The number of carbonyl (C=O) groups excluding carboxylic acids is 2. The van der Waals surface area contributed by atoms with Crippen LogP contribution in [-0.4, -0.2) is 40.8 Å². The van der Waals surface area contributed by atoms with Crippen LogP contribution in [0.4, 0.5) is 0 Å². The van der Waals surface area contributed by atoms with E-state index in [9.17, 15) is 9.59 Å². The van der Waals surface area contributed by atoms with Gasteiger partial charge in [-0.15, -0.1) is 0 Å². The molecule has 1 aromatic heterocycles. The van der Waals surface area contributed by atoms with E-state index < -0.39 is 0 Å². The minimum absolute atomic E-state index is 0.0419. The Kier molecular flexibility index (Phi) is 5.35. The largest absolute Gasteiger partial charge is 0.361 e. The molecule has 3 rings (SSSR count). The van der Waals surface area contributed by atoms with Crippen LogP contribution in [0, 0.1) is 5.41 Å². The van der Waals surface area contributed by atoms with Gasteiger partial charge in [0.15, 0.2) is 0 Å². The molecule has 0 radical (unpaired) electrons. The van der Waals surface area contributed by atoms with Crippen molar-refractivity contribution in [2.75, 3.05) is 13.1 Å². The number of nitrogens with zero attached hydrogens (tertiary/aromatic N) is 1. The molecule has 2 amide bonds. The number of fused-ring (bicyclic) bond motifs is 1. The number of amides is 2. The maximum Gasteiger partial charge on any atom is 0.224 e. The first-order valence-corrected chi connectivity index (χ1v) is 9.44. The number of hydrogen-bond acceptors (Lipinski definition) is 2. The van der Waals surface area contributed by atoms with Gasteiger partial charge in [-0.05, 0) is 29.9 Å². The molecule has 2 heterocycles. The quantitative estimate of drug-likeness (QED) is 0.835. The van der Waals surface area contributed by atoms with Crippen molar-refractivity contribution < 1.29 is 9.59 Å². The van der Waals surface area contributed by atoms with Crippen LogP contribution >= 0.6 is 0 Å². The topological polar surface area (TPSA) is 65.2 Å². The van der Waals surface area contributed by atoms with E-state index in [2.05, 4.69) is 43.2 Å². The van der Waals surface area contributed by atoms with Crippen LogP contribution in [0.15, 0.2) is 30.5 Å². The predicted octanol–water partition coefficient (Wildman–Crippen LogP) is 3.25. The fourth-order valence-electron chi connectivity index (χ4n) is 3.67. The predicted molar refractivity (Wildman–Crippen MR) is 104 cm³/mol. The zero-order valence-electron chi connectivity index (χ0n) is 16.0. The number of likely N-dealkylation sites (tertiary alicyclic amines) is 1. The lowest BCUT2D eigenvalue weighted by atomic mass is 9.96. The molecule has 0 unspecified atom stereocenters. The van der Waals surface area contributed by atoms with Gasteiger partial charge in [-0.2, -0.15) is 0 Å². The molecule has 1 atom stereocenters. The van der Waals surface area contributed by atoms with E-state index in [0.717, 1.165) is 24.9 Å². The summed E-state index contributed by atoms with van der Waals surface area (Å²) in [5.41, 5.74) is 2.46. The number of para-hydroxylation sites is 1. The number of benzene rings is 1. The lowest BCUT2D eigenvalue weighted by Crippen LogP contribution is -2.39. The molecule has 5 heteroatoms. The van der Waals surface area contributed by atoms with Crippen molar-refractivity contribution in [3.05, 3.63) is 36.0 Å². The molecule has 2 N–H and O–H groups in total. The van der Waals surface area contributed by atoms with Gasteiger partial charge in [0.2, 0.25) is 11.8 Å². The van der Waals surface area contributed by atoms with Gasteiger partial charge in [-0.3, -0.25) is 9.59 Å². The van der Waals surface area contributed by atoms with Crippen LogP contribution in [0.25, 0.3) is 10.9 Å². The smallest absolute Gasteiger partial charge is 0.224 e. The molecular weight excluding hydrogens is 326 g/mol. The van der Waals surface area contributed by atoms with E-state index in [1.165, 1.54) is 10.9 Å². The Balaban J connectivity index is 1.44. The van der Waals surface area contributed by atoms with E-state index in [1.54, 1.807) is 0 Å². The third kappa shape index (κ3) is 4.65. The molecule has 1 aromatic carbocycles. The molecule has 140 valence electrons. The fraction of sp³-hybridized carbons (Fsp3) is 0.524. The highest BCUT2D eigenvalue weighted by molar-refractivity contribution is 5.83. The summed E-state index contributed by atoms with van der Waals surface area (Å²) in [5, 5.41) is 4.26. The lowest BCUT2D eigenvalue weighted by molar-refractivity contribution is -0.128. The van der Waals surface area contributed by atoms with Gasteiger partial charge in [0.25, 0.3) is 0 Å². The summed E-state index contributed by atoms with van der Waals surface area (Å²) in [6.45, 7) is 7.73. The number of aromatic amines is 1. The minimum Gasteiger partial charge on any atom is -0.361 e. The molecule has 1 saturated heterocycles. The van der Waals surface area contributed by atoms with Gasteiger partial charge < -0.3 is 15.2 Å². The number of hydrogen-bond donors (Lipinski definition) is 2. The summed E-state index contributed by atoms with van der Waals surface area (Å²) in [4.78, 5) is 29.5. The highest BCUT2D eigenvalue weighted by Gasteiger charge is 2.32. The molecule has 26 heavy (non-hydrogen) atoms. The van der Waals surface area contributed by atoms with E-state index in [4.69, 9.17) is 0 Å². The van der Waals surface area contributed by atoms with Gasteiger partial charge in [-0.25, -0.2) is 0 Å². The van der Waals surface area contributed by atoms with Crippen molar-refractivity contribution >= 4 is 22.7 Å². The Morgan fingerprint density at radius 2 is 2.08 bits per heavy atom. The van der Waals surface area contributed by atoms with Crippen molar-refractivity contribution in [2.45, 2.75) is 52.5 Å². The normalized spacial score (nSPS) is 17.9. The van der Waals surface area contributed by atoms with Crippen molar-refractivity contribution in [2.24, 2.45) is 5.41 Å². The molecule has 1 fully saturated rings. The number of rotatable bonds is 6. The summed E-state index contributed by atoms with van der Waals surface area (Å²) in [7, 11) is 0. The second-order valence-electron chi connectivity index (χ2n) is 8.52. The standard InChI is InChI=1S/C21H29N3O2/c1-21(2,3)14-24-13-16(11-20(24)26)23-19(25)10-6-7-15-12-22-18-9-5-4-8-17(15)18/h4-5,8-9,12,16,22H,6-7,10-11,13-14H2,1-3H3,(H,23,25)/t16-/m1/s1. The number of H-pyrrole nitrogens is 1. The first-order chi connectivity index (χ1) is 12.3. The highest BCUT2D eigenvalue weighted by atomic mass is 16.2. The Morgan fingerprint density at radius 3 is 2.85 bits per heavy atom. The fourth-order valence-corrected chi connectivity index (χ4v) is 3.67. The molecule has 1 aliphatic rings. The first kappa shape index (κ1) is 18.5. The molecular formula is C21H29N3O2. The number of aromatic nitrogens is 1. The molecule has 5 nitrogen and oxygen atoms in total. The Morgan fingerprint density at radius 1 is 1.31 bits per heavy atom. The molecule has 0 aliphatic carbocycles. The maximum absolute atomic E-state index is 12.2. The van der Waals surface area contributed by atoms with Crippen molar-refractivity contribution in [1.82, 2.24) is 15.2 Å². The van der Waals surface area contributed by atoms with E-state index in [-0.39, 0.29) is 23.3 Å². The third-order valence-corrected chi connectivity index (χ3v) is 4.77. The first-order valence-electron chi connectivity index (χ1n) is 9.44. The van der Waals surface area contributed by atoms with Crippen LogP contribution in [0.5, 0.6) is 0 Å². The van der Waals surface area contributed by atoms with Crippen molar-refractivity contribution in [1.29, 1.82) is 0 Å².